The van der Waals surface area contributed by atoms with Crippen molar-refractivity contribution in [2.45, 2.75) is 0 Å². The number of rotatable bonds is 7. The Bertz CT molecular complexity index is 1570. The number of nitrogens with one attached hydrogen (secondary N) is 2. The van der Waals surface area contributed by atoms with Crippen LogP contribution in [0.15, 0.2) is 60.9 Å². The second-order valence-corrected chi connectivity index (χ2v) is 7.26. The summed E-state index contributed by atoms with van der Waals surface area (Å²) in [6.07, 6.45) is 2.30. The van der Waals surface area contributed by atoms with Crippen LogP contribution >= 0.6 is 0 Å². The van der Waals surface area contributed by atoms with E-state index in [1.54, 1.807) is 6.07 Å². The summed E-state index contributed by atoms with van der Waals surface area (Å²) in [6.45, 7) is 0. The maximum atomic E-state index is 14.8. The van der Waals surface area contributed by atoms with E-state index in [2.05, 4.69) is 25.6 Å². The Morgan fingerprint density at radius 1 is 1.00 bits per heavy atom. The third-order valence-electron chi connectivity index (χ3n) is 4.72. The van der Waals surface area contributed by atoms with Crippen LogP contribution in [0.3, 0.4) is 0 Å². The molecule has 4 rings (SSSR count). The molecule has 4 N–H and O–H groups in total. The molecule has 2 amide bonds. The van der Waals surface area contributed by atoms with Gasteiger partial charge in [0.2, 0.25) is 5.82 Å². The number of anilines is 3. The fourth-order valence-corrected chi connectivity index (χ4v) is 3.01. The molecule has 37 heavy (non-hydrogen) atoms. The molecule has 13 heteroatoms. The minimum Gasteiger partial charge on any atom is -0.454 e. The fraction of sp³-hybridized carbons (Fsp3) is 0. The van der Waals surface area contributed by atoms with Crippen LogP contribution in [-0.4, -0.2) is 26.8 Å². The molecule has 0 fully saturated rings. The molecule has 2 aromatic carbocycles. The number of nitrogens with two attached hydrogens (primary N) is 1. The molecule has 0 saturated carbocycles. The van der Waals surface area contributed by atoms with E-state index in [1.807, 2.05) is 0 Å². The van der Waals surface area contributed by atoms with Crippen molar-refractivity contribution in [3.05, 3.63) is 95.5 Å². The Kier molecular flexibility index (Phi) is 6.92. The number of ether oxygens (including phenoxy) is 1. The first kappa shape index (κ1) is 24.6. The molecule has 0 bridgehead atoms. The van der Waals surface area contributed by atoms with Gasteiger partial charge in [0, 0.05) is 36.3 Å². The second-order valence-electron chi connectivity index (χ2n) is 7.26. The lowest BCUT2D eigenvalue weighted by Crippen LogP contribution is -2.17. The summed E-state index contributed by atoms with van der Waals surface area (Å²) in [7, 11) is 0. The standard InChI is InChI=1S/C24H14F3N7O3/c25-12-1-3-18(16(26)7-12)33-24(36)15-11-31-21(10-28)34-23(15)32-13-2-4-20(17(27)8-13)37-14-5-6-30-19(9-14)22(29)35/h1-9,11H,(H2,29,35)(H,33,36)(H,31,32,34). The first-order valence-electron chi connectivity index (χ1n) is 10.3. The van der Waals surface area contributed by atoms with Gasteiger partial charge in [0.15, 0.2) is 11.6 Å². The topological polar surface area (TPSA) is 156 Å². The summed E-state index contributed by atoms with van der Waals surface area (Å²) < 4.78 is 47.3. The van der Waals surface area contributed by atoms with Crippen LogP contribution in [0, 0.1) is 28.8 Å². The second kappa shape index (κ2) is 10.4. The number of carbonyl (C=O) groups excluding carboxylic acids is 2. The number of aromatic nitrogens is 3. The van der Waals surface area contributed by atoms with Crippen molar-refractivity contribution >= 4 is 29.0 Å². The van der Waals surface area contributed by atoms with Gasteiger partial charge in [0.1, 0.15) is 40.5 Å². The van der Waals surface area contributed by atoms with Crippen LogP contribution in [0.5, 0.6) is 11.5 Å². The summed E-state index contributed by atoms with van der Waals surface area (Å²) in [6, 6.07) is 10.6. The van der Waals surface area contributed by atoms with Crippen LogP contribution in [0.1, 0.15) is 26.7 Å². The predicted octanol–water partition coefficient (Wildman–Crippen LogP) is 4.05. The third-order valence-corrected chi connectivity index (χ3v) is 4.72. The van der Waals surface area contributed by atoms with E-state index < -0.39 is 29.3 Å². The molecule has 0 radical (unpaired) electrons. The Labute approximate surface area is 206 Å². The van der Waals surface area contributed by atoms with Crippen molar-refractivity contribution in [2.24, 2.45) is 5.73 Å². The Balaban J connectivity index is 1.58. The van der Waals surface area contributed by atoms with E-state index in [1.165, 1.54) is 30.5 Å². The number of primary amides is 1. The average Bonchev–Trinajstić information content (AvgIpc) is 2.87. The van der Waals surface area contributed by atoms with E-state index >= 15 is 0 Å². The van der Waals surface area contributed by atoms with E-state index in [-0.39, 0.29) is 45.8 Å². The Morgan fingerprint density at radius 3 is 2.51 bits per heavy atom. The first-order chi connectivity index (χ1) is 17.7. The summed E-state index contributed by atoms with van der Waals surface area (Å²) in [5.74, 6) is -4.87. The van der Waals surface area contributed by atoms with E-state index in [0.717, 1.165) is 24.4 Å². The maximum Gasteiger partial charge on any atom is 0.267 e. The van der Waals surface area contributed by atoms with Gasteiger partial charge < -0.3 is 21.1 Å². The molecule has 0 spiro atoms. The Hall–Kier alpha value is -5.51. The average molecular weight is 505 g/mol. The van der Waals surface area contributed by atoms with Crippen LogP contribution in [-0.2, 0) is 0 Å². The third kappa shape index (κ3) is 5.77. The highest BCUT2D eigenvalue weighted by Crippen LogP contribution is 2.29. The van der Waals surface area contributed by atoms with Gasteiger partial charge >= 0.3 is 0 Å². The lowest BCUT2D eigenvalue weighted by Gasteiger charge is -2.13. The lowest BCUT2D eigenvalue weighted by atomic mass is 10.2. The number of carbonyl (C=O) groups is 2. The Morgan fingerprint density at radius 2 is 1.81 bits per heavy atom. The van der Waals surface area contributed by atoms with E-state index in [0.29, 0.717) is 6.07 Å². The quantitative estimate of drug-likeness (QED) is 0.340. The molecule has 0 atom stereocenters. The molecule has 184 valence electrons. The molecule has 0 aliphatic carbocycles. The molecule has 0 aliphatic heterocycles. The lowest BCUT2D eigenvalue weighted by molar-refractivity contribution is 0.0993. The fourth-order valence-electron chi connectivity index (χ4n) is 3.01. The normalized spacial score (nSPS) is 10.3. The van der Waals surface area contributed by atoms with Crippen molar-refractivity contribution in [1.29, 1.82) is 5.26 Å². The zero-order valence-electron chi connectivity index (χ0n) is 18.5. The van der Waals surface area contributed by atoms with Gasteiger partial charge in [-0.15, -0.1) is 0 Å². The van der Waals surface area contributed by atoms with Gasteiger partial charge in [-0.1, -0.05) is 0 Å². The van der Waals surface area contributed by atoms with Crippen molar-refractivity contribution in [2.75, 3.05) is 10.6 Å². The van der Waals surface area contributed by atoms with Crippen LogP contribution in [0.2, 0.25) is 0 Å². The number of hydrogen-bond donors (Lipinski definition) is 3. The summed E-state index contributed by atoms with van der Waals surface area (Å²) in [4.78, 5) is 35.5. The van der Waals surface area contributed by atoms with Crippen molar-refractivity contribution in [3.63, 3.8) is 0 Å². The molecule has 0 saturated heterocycles. The highest BCUT2D eigenvalue weighted by atomic mass is 19.1. The van der Waals surface area contributed by atoms with E-state index in [4.69, 9.17) is 15.7 Å². The van der Waals surface area contributed by atoms with Gasteiger partial charge in [-0.2, -0.15) is 5.26 Å². The number of halogens is 3. The monoisotopic (exact) mass is 505 g/mol. The summed E-state index contributed by atoms with van der Waals surface area (Å²) in [5, 5.41) is 14.1. The number of benzene rings is 2. The molecule has 10 nitrogen and oxygen atoms in total. The molecular weight excluding hydrogens is 491 g/mol. The molecule has 4 aromatic rings. The minimum atomic E-state index is -1.01. The number of nitriles is 1. The maximum absolute atomic E-state index is 14.8. The van der Waals surface area contributed by atoms with Crippen molar-refractivity contribution in [1.82, 2.24) is 15.0 Å². The van der Waals surface area contributed by atoms with Gasteiger partial charge in [-0.3, -0.25) is 14.6 Å². The van der Waals surface area contributed by atoms with Crippen molar-refractivity contribution < 1.29 is 27.5 Å². The molecule has 2 heterocycles. The first-order valence-corrected chi connectivity index (χ1v) is 10.3. The van der Waals surface area contributed by atoms with Gasteiger partial charge in [0.05, 0.1) is 5.69 Å². The van der Waals surface area contributed by atoms with Crippen LogP contribution < -0.4 is 21.1 Å². The molecule has 2 aromatic heterocycles. The SMILES string of the molecule is N#Cc1ncc(C(=O)Nc2ccc(F)cc2F)c(Nc2ccc(Oc3ccnc(C(N)=O)c3)c(F)c2)n1. The van der Waals surface area contributed by atoms with Gasteiger partial charge in [-0.05, 0) is 30.3 Å². The number of pyridine rings is 1. The van der Waals surface area contributed by atoms with Crippen molar-refractivity contribution in [3.8, 4) is 17.6 Å². The van der Waals surface area contributed by atoms with Gasteiger partial charge in [0.25, 0.3) is 11.8 Å². The van der Waals surface area contributed by atoms with Gasteiger partial charge in [-0.25, -0.2) is 23.1 Å². The summed E-state index contributed by atoms with van der Waals surface area (Å²) in [5.41, 5.74) is 4.71. The summed E-state index contributed by atoms with van der Waals surface area (Å²) >= 11 is 0. The number of nitrogens with zero attached hydrogens (tertiary/aromatic N) is 4. The molecular formula is C24H14F3N7O3. The minimum absolute atomic E-state index is 0.0698. The largest absolute Gasteiger partial charge is 0.454 e. The number of amides is 2. The highest BCUT2D eigenvalue weighted by Gasteiger charge is 2.18. The predicted molar refractivity (Wildman–Crippen MR) is 124 cm³/mol. The molecule has 0 aliphatic rings. The smallest absolute Gasteiger partial charge is 0.267 e. The zero-order valence-corrected chi connectivity index (χ0v) is 18.5. The van der Waals surface area contributed by atoms with E-state index in [9.17, 15) is 22.8 Å². The van der Waals surface area contributed by atoms with Crippen LogP contribution in [0.25, 0.3) is 0 Å². The highest BCUT2D eigenvalue weighted by molar-refractivity contribution is 6.07. The zero-order chi connectivity index (χ0) is 26.5. The molecule has 0 unspecified atom stereocenters. The number of hydrogen-bond acceptors (Lipinski definition) is 8. The van der Waals surface area contributed by atoms with Crippen LogP contribution in [0.4, 0.5) is 30.4 Å².